The minimum absolute atomic E-state index is 0.0269. The Morgan fingerprint density at radius 2 is 1.76 bits per heavy atom. The fourth-order valence-corrected chi connectivity index (χ4v) is 4.92. The summed E-state index contributed by atoms with van der Waals surface area (Å²) in [5.41, 5.74) is 3.56. The summed E-state index contributed by atoms with van der Waals surface area (Å²) in [4.78, 5) is 41.5. The summed E-state index contributed by atoms with van der Waals surface area (Å²) < 4.78 is 0. The molecule has 0 spiro atoms. The Kier molecular flexibility index (Phi) is 6.93. The smallest absolute Gasteiger partial charge is 0.299 e. The van der Waals surface area contributed by atoms with Crippen molar-refractivity contribution in [3.8, 4) is 0 Å². The first-order valence-corrected chi connectivity index (χ1v) is 12.4. The molecule has 0 aliphatic carbocycles. The van der Waals surface area contributed by atoms with Gasteiger partial charge < -0.3 is 14.9 Å². The summed E-state index contributed by atoms with van der Waals surface area (Å²) in [7, 11) is 0. The molecule has 0 bridgehead atoms. The van der Waals surface area contributed by atoms with Crippen molar-refractivity contribution in [2.75, 3.05) is 23.0 Å². The van der Waals surface area contributed by atoms with Crippen LogP contribution in [0.25, 0.3) is 6.08 Å². The largest absolute Gasteiger partial charge is 0.395 e. The molecule has 2 heterocycles. The third-order valence-corrected chi connectivity index (χ3v) is 6.95. The molecular formula is C29H26ClN3O4. The number of nitrogens with one attached hydrogen (secondary N) is 1. The molecule has 1 saturated heterocycles. The number of carbonyl (C=O) groups is 3. The number of hydrogen-bond donors (Lipinski definition) is 2. The summed E-state index contributed by atoms with van der Waals surface area (Å²) >= 11 is 6.01. The molecule has 2 amide bonds. The number of hydrogen-bond acceptors (Lipinski definition) is 5. The molecule has 188 valence electrons. The standard InChI is InChI=1S/C29H26ClN3O4/c1-18-7-11-22(12-8-18)33-25(13-9-19-5-3-2-4-6-19)26(28(33)36)31-21(17-34)16-32-24-14-10-20(30)15-23(24)27(35)29(32)37/h2-15,21,25-26,31,34H,16-17H2,1H3/b13-9+/t21?,25-,26+/m0/s1. The lowest BCUT2D eigenvalue weighted by Crippen LogP contribution is -2.72. The number of aliphatic hydroxyl groups excluding tert-OH is 1. The van der Waals surface area contributed by atoms with Crippen LogP contribution in [0.1, 0.15) is 21.5 Å². The molecule has 2 aliphatic heterocycles. The summed E-state index contributed by atoms with van der Waals surface area (Å²) in [6.07, 6.45) is 3.92. The molecule has 8 heteroatoms. The number of halogens is 1. The minimum Gasteiger partial charge on any atom is -0.395 e. The second-order valence-electron chi connectivity index (χ2n) is 9.23. The van der Waals surface area contributed by atoms with Gasteiger partial charge in [0.05, 0.1) is 23.9 Å². The number of anilines is 2. The Hall–Kier alpha value is -3.78. The first kappa shape index (κ1) is 24.9. The van der Waals surface area contributed by atoms with Gasteiger partial charge in [0.15, 0.2) is 0 Å². The van der Waals surface area contributed by atoms with Crippen molar-refractivity contribution in [3.63, 3.8) is 0 Å². The lowest BCUT2D eigenvalue weighted by atomic mass is 9.91. The number of fused-ring (bicyclic) bond motifs is 1. The number of nitrogens with zero attached hydrogens (tertiary/aromatic N) is 2. The highest BCUT2D eigenvalue weighted by Gasteiger charge is 2.48. The topological polar surface area (TPSA) is 90.0 Å². The van der Waals surface area contributed by atoms with Crippen LogP contribution in [0.15, 0.2) is 78.9 Å². The summed E-state index contributed by atoms with van der Waals surface area (Å²) in [6, 6.07) is 20.7. The van der Waals surface area contributed by atoms with Gasteiger partial charge in [-0.15, -0.1) is 0 Å². The van der Waals surface area contributed by atoms with Crippen LogP contribution in [-0.4, -0.2) is 54.0 Å². The molecule has 0 radical (unpaired) electrons. The van der Waals surface area contributed by atoms with E-state index in [4.69, 9.17) is 11.6 Å². The number of benzene rings is 3. The maximum absolute atomic E-state index is 13.3. The zero-order chi connectivity index (χ0) is 26.1. The molecule has 5 rings (SSSR count). The molecule has 7 nitrogen and oxygen atoms in total. The Morgan fingerprint density at radius 3 is 2.46 bits per heavy atom. The van der Waals surface area contributed by atoms with Crippen molar-refractivity contribution in [3.05, 3.63) is 101 Å². The zero-order valence-corrected chi connectivity index (χ0v) is 20.9. The summed E-state index contributed by atoms with van der Waals surface area (Å²) in [5, 5.41) is 13.7. The van der Waals surface area contributed by atoms with E-state index in [0.29, 0.717) is 10.7 Å². The maximum Gasteiger partial charge on any atom is 0.299 e. The number of ketones is 1. The third-order valence-electron chi connectivity index (χ3n) is 6.71. The van der Waals surface area contributed by atoms with Crippen molar-refractivity contribution in [2.45, 2.75) is 25.0 Å². The predicted octanol–water partition coefficient (Wildman–Crippen LogP) is 3.63. The first-order chi connectivity index (χ1) is 17.9. The first-order valence-electron chi connectivity index (χ1n) is 12.0. The fourth-order valence-electron chi connectivity index (χ4n) is 4.75. The quantitative estimate of drug-likeness (QED) is 0.353. The Labute approximate surface area is 220 Å². The Balaban J connectivity index is 1.38. The molecule has 2 aliphatic rings. The van der Waals surface area contributed by atoms with E-state index >= 15 is 0 Å². The van der Waals surface area contributed by atoms with Crippen LogP contribution in [0, 0.1) is 6.92 Å². The van der Waals surface area contributed by atoms with E-state index in [0.717, 1.165) is 16.8 Å². The van der Waals surface area contributed by atoms with Gasteiger partial charge in [-0.25, -0.2) is 0 Å². The van der Waals surface area contributed by atoms with Gasteiger partial charge in [0, 0.05) is 23.3 Å². The predicted molar refractivity (Wildman–Crippen MR) is 144 cm³/mol. The van der Waals surface area contributed by atoms with Crippen LogP contribution in [0.5, 0.6) is 0 Å². The molecule has 0 aromatic heterocycles. The van der Waals surface area contributed by atoms with Crippen LogP contribution in [-0.2, 0) is 9.59 Å². The summed E-state index contributed by atoms with van der Waals surface area (Å²) in [6.45, 7) is 1.69. The lowest BCUT2D eigenvalue weighted by molar-refractivity contribution is -0.126. The number of aryl methyl sites for hydroxylation is 1. The van der Waals surface area contributed by atoms with E-state index in [1.165, 1.54) is 11.0 Å². The zero-order valence-electron chi connectivity index (χ0n) is 20.2. The normalized spacial score (nSPS) is 19.9. The number of aliphatic hydroxyl groups is 1. The number of Topliss-reactive ketones (excluding diaryl/α,β-unsaturated/α-hetero) is 1. The van der Waals surface area contributed by atoms with E-state index in [2.05, 4.69) is 5.32 Å². The molecule has 3 aromatic carbocycles. The van der Waals surface area contributed by atoms with Crippen molar-refractivity contribution < 1.29 is 19.5 Å². The second kappa shape index (κ2) is 10.3. The maximum atomic E-state index is 13.3. The number of amides is 2. The third kappa shape index (κ3) is 4.81. The molecule has 0 saturated carbocycles. The van der Waals surface area contributed by atoms with Gasteiger partial charge in [-0.3, -0.25) is 19.7 Å². The van der Waals surface area contributed by atoms with Gasteiger partial charge in [-0.2, -0.15) is 0 Å². The molecular weight excluding hydrogens is 490 g/mol. The highest BCUT2D eigenvalue weighted by atomic mass is 35.5. The summed E-state index contributed by atoms with van der Waals surface area (Å²) in [5.74, 6) is -1.46. The molecule has 3 aromatic rings. The number of β-lactam (4-membered cyclic amide) rings is 1. The number of carbonyl (C=O) groups excluding carboxylic acids is 3. The average molecular weight is 516 g/mol. The van der Waals surface area contributed by atoms with Crippen molar-refractivity contribution in [1.82, 2.24) is 5.32 Å². The fraction of sp³-hybridized carbons (Fsp3) is 0.207. The van der Waals surface area contributed by atoms with E-state index in [1.807, 2.05) is 73.7 Å². The Bertz CT molecular complexity index is 1370. The molecule has 1 unspecified atom stereocenters. The average Bonchev–Trinajstić information content (AvgIpc) is 3.14. The van der Waals surface area contributed by atoms with Crippen LogP contribution < -0.4 is 15.1 Å². The van der Waals surface area contributed by atoms with E-state index in [9.17, 15) is 19.5 Å². The van der Waals surface area contributed by atoms with E-state index < -0.39 is 23.8 Å². The van der Waals surface area contributed by atoms with Gasteiger partial charge in [-0.1, -0.05) is 71.8 Å². The van der Waals surface area contributed by atoms with Gasteiger partial charge in [-0.05, 0) is 42.8 Å². The SMILES string of the molecule is Cc1ccc(N2C(=O)[C@H](NC(CO)CN3C(=O)C(=O)c4cc(Cl)ccc43)[C@@H]2/C=C/c2ccccc2)cc1. The molecule has 37 heavy (non-hydrogen) atoms. The second-order valence-corrected chi connectivity index (χ2v) is 9.67. The van der Waals surface area contributed by atoms with Crippen molar-refractivity contribution in [1.29, 1.82) is 0 Å². The molecule has 2 N–H and O–H groups in total. The Morgan fingerprint density at radius 1 is 1.03 bits per heavy atom. The van der Waals surface area contributed by atoms with Gasteiger partial charge in [0.25, 0.3) is 11.7 Å². The molecule has 1 fully saturated rings. The minimum atomic E-state index is -0.681. The van der Waals surface area contributed by atoms with Gasteiger partial charge in [0.1, 0.15) is 6.04 Å². The van der Waals surface area contributed by atoms with Crippen LogP contribution in [0.4, 0.5) is 11.4 Å². The monoisotopic (exact) mass is 515 g/mol. The van der Waals surface area contributed by atoms with Crippen molar-refractivity contribution in [2.24, 2.45) is 0 Å². The van der Waals surface area contributed by atoms with E-state index in [1.54, 1.807) is 17.0 Å². The van der Waals surface area contributed by atoms with Crippen molar-refractivity contribution >= 4 is 46.6 Å². The highest BCUT2D eigenvalue weighted by molar-refractivity contribution is 6.52. The van der Waals surface area contributed by atoms with Gasteiger partial charge >= 0.3 is 0 Å². The number of rotatable bonds is 8. The van der Waals surface area contributed by atoms with Gasteiger partial charge in [0.2, 0.25) is 5.91 Å². The van der Waals surface area contributed by atoms with Crippen LogP contribution >= 0.6 is 11.6 Å². The lowest BCUT2D eigenvalue weighted by Gasteiger charge is -2.47. The molecule has 3 atom stereocenters. The van der Waals surface area contributed by atoms with Crippen LogP contribution in [0.3, 0.4) is 0 Å². The van der Waals surface area contributed by atoms with Crippen LogP contribution in [0.2, 0.25) is 5.02 Å². The highest BCUT2D eigenvalue weighted by Crippen LogP contribution is 2.33. The van der Waals surface area contributed by atoms with E-state index in [-0.39, 0.29) is 30.7 Å².